The molecule has 0 heterocycles. The van der Waals surface area contributed by atoms with E-state index in [2.05, 4.69) is 31.2 Å². The van der Waals surface area contributed by atoms with Gasteiger partial charge in [0.1, 0.15) is 0 Å². The smallest absolute Gasteiger partial charge is 0.00508 e. The van der Waals surface area contributed by atoms with Crippen molar-refractivity contribution in [1.29, 1.82) is 0 Å². The molecule has 0 saturated heterocycles. The van der Waals surface area contributed by atoms with Gasteiger partial charge in [0.15, 0.2) is 0 Å². The van der Waals surface area contributed by atoms with E-state index < -0.39 is 0 Å². The van der Waals surface area contributed by atoms with Crippen molar-refractivity contribution in [3.05, 3.63) is 0 Å². The first-order valence-electron chi connectivity index (χ1n) is 5.56. The normalized spacial score (nSPS) is 19.4. The SMILES string of the molecule is CC(CCN(C)C)NCCC1CC1. The van der Waals surface area contributed by atoms with Crippen LogP contribution in [0.25, 0.3) is 0 Å². The number of nitrogens with zero attached hydrogens (tertiary/aromatic N) is 1. The predicted octanol–water partition coefficient (Wildman–Crippen LogP) is 1.72. The molecule has 0 aromatic carbocycles. The van der Waals surface area contributed by atoms with Gasteiger partial charge in [-0.2, -0.15) is 0 Å². The first-order valence-corrected chi connectivity index (χ1v) is 5.56. The lowest BCUT2D eigenvalue weighted by Gasteiger charge is -2.16. The van der Waals surface area contributed by atoms with Crippen molar-refractivity contribution >= 4 is 0 Å². The Morgan fingerprint density at radius 3 is 2.62 bits per heavy atom. The van der Waals surface area contributed by atoms with E-state index in [0.29, 0.717) is 6.04 Å². The van der Waals surface area contributed by atoms with E-state index in [4.69, 9.17) is 0 Å². The highest BCUT2D eigenvalue weighted by atomic mass is 15.1. The van der Waals surface area contributed by atoms with Crippen LogP contribution in [0.2, 0.25) is 0 Å². The van der Waals surface area contributed by atoms with Crippen LogP contribution in [0.1, 0.15) is 32.6 Å². The second-order valence-corrected chi connectivity index (χ2v) is 4.68. The second-order valence-electron chi connectivity index (χ2n) is 4.68. The molecule has 1 unspecified atom stereocenters. The maximum Gasteiger partial charge on any atom is 0.00508 e. The standard InChI is InChI=1S/C11H24N2/c1-10(7-9-13(2)3)12-8-6-11-4-5-11/h10-12H,4-9H2,1-3H3. The molecule has 1 rings (SSSR count). The molecule has 0 aromatic rings. The van der Waals surface area contributed by atoms with Crippen LogP contribution >= 0.6 is 0 Å². The lowest BCUT2D eigenvalue weighted by atomic mass is 10.2. The van der Waals surface area contributed by atoms with Crippen molar-refractivity contribution in [2.45, 2.75) is 38.6 Å². The van der Waals surface area contributed by atoms with Crippen molar-refractivity contribution in [1.82, 2.24) is 10.2 Å². The van der Waals surface area contributed by atoms with Crippen molar-refractivity contribution in [2.24, 2.45) is 5.92 Å². The fourth-order valence-corrected chi connectivity index (χ4v) is 1.49. The van der Waals surface area contributed by atoms with Gasteiger partial charge < -0.3 is 10.2 Å². The fraction of sp³-hybridized carbons (Fsp3) is 1.00. The lowest BCUT2D eigenvalue weighted by Crippen LogP contribution is -2.30. The van der Waals surface area contributed by atoms with Crippen LogP contribution in [0.15, 0.2) is 0 Å². The summed E-state index contributed by atoms with van der Waals surface area (Å²) >= 11 is 0. The number of rotatable bonds is 7. The van der Waals surface area contributed by atoms with E-state index in [1.165, 1.54) is 38.8 Å². The molecule has 1 fully saturated rings. The molecule has 0 amide bonds. The molecule has 78 valence electrons. The summed E-state index contributed by atoms with van der Waals surface area (Å²) in [6, 6.07) is 0.682. The van der Waals surface area contributed by atoms with Gasteiger partial charge >= 0.3 is 0 Å². The van der Waals surface area contributed by atoms with E-state index in [1.807, 2.05) is 0 Å². The van der Waals surface area contributed by atoms with E-state index in [0.717, 1.165) is 5.92 Å². The molecule has 1 aliphatic carbocycles. The Morgan fingerprint density at radius 1 is 1.38 bits per heavy atom. The average Bonchev–Trinajstić information content (AvgIpc) is 2.84. The molecule has 1 aliphatic rings. The first-order chi connectivity index (χ1) is 6.18. The van der Waals surface area contributed by atoms with Crippen LogP contribution < -0.4 is 5.32 Å². The Balaban J connectivity index is 1.87. The van der Waals surface area contributed by atoms with Gasteiger partial charge in [0.05, 0.1) is 0 Å². The highest BCUT2D eigenvalue weighted by Gasteiger charge is 2.20. The summed E-state index contributed by atoms with van der Waals surface area (Å²) in [5.74, 6) is 1.06. The third-order valence-electron chi connectivity index (χ3n) is 2.75. The lowest BCUT2D eigenvalue weighted by molar-refractivity contribution is 0.364. The Kier molecular flexibility index (Phi) is 4.74. The molecular weight excluding hydrogens is 160 g/mol. The first kappa shape index (κ1) is 11.0. The maximum absolute atomic E-state index is 3.58. The van der Waals surface area contributed by atoms with Crippen molar-refractivity contribution < 1.29 is 0 Å². The Morgan fingerprint density at radius 2 is 2.08 bits per heavy atom. The molecule has 0 aliphatic heterocycles. The van der Waals surface area contributed by atoms with Crippen LogP contribution in [-0.4, -0.2) is 38.1 Å². The van der Waals surface area contributed by atoms with Gasteiger partial charge in [-0.05, 0) is 52.9 Å². The highest BCUT2D eigenvalue weighted by molar-refractivity contribution is 4.74. The minimum Gasteiger partial charge on any atom is -0.314 e. The van der Waals surface area contributed by atoms with Gasteiger partial charge in [0.25, 0.3) is 0 Å². The summed E-state index contributed by atoms with van der Waals surface area (Å²) in [5.41, 5.74) is 0. The molecule has 1 N–H and O–H groups in total. The second kappa shape index (κ2) is 5.61. The number of hydrogen-bond donors (Lipinski definition) is 1. The summed E-state index contributed by atoms with van der Waals surface area (Å²) in [6.45, 7) is 4.70. The van der Waals surface area contributed by atoms with E-state index in [9.17, 15) is 0 Å². The quantitative estimate of drug-likeness (QED) is 0.648. The van der Waals surface area contributed by atoms with E-state index in [1.54, 1.807) is 0 Å². The molecule has 1 saturated carbocycles. The van der Waals surface area contributed by atoms with Crippen LogP contribution in [-0.2, 0) is 0 Å². The topological polar surface area (TPSA) is 15.3 Å². The monoisotopic (exact) mass is 184 g/mol. The summed E-state index contributed by atoms with van der Waals surface area (Å²) in [4.78, 5) is 2.25. The minimum absolute atomic E-state index is 0.682. The third kappa shape index (κ3) is 6.05. The highest BCUT2D eigenvalue weighted by Crippen LogP contribution is 2.31. The Bertz CT molecular complexity index is 130. The van der Waals surface area contributed by atoms with Gasteiger partial charge in [-0.3, -0.25) is 0 Å². The molecule has 0 bridgehead atoms. The zero-order valence-electron chi connectivity index (χ0n) is 9.34. The van der Waals surface area contributed by atoms with Crippen molar-refractivity contribution in [3.63, 3.8) is 0 Å². The molecular formula is C11H24N2. The van der Waals surface area contributed by atoms with Gasteiger partial charge in [-0.15, -0.1) is 0 Å². The summed E-state index contributed by atoms with van der Waals surface area (Å²) in [7, 11) is 4.27. The zero-order valence-corrected chi connectivity index (χ0v) is 9.34. The van der Waals surface area contributed by atoms with E-state index in [-0.39, 0.29) is 0 Å². The van der Waals surface area contributed by atoms with Gasteiger partial charge in [-0.25, -0.2) is 0 Å². The van der Waals surface area contributed by atoms with Gasteiger partial charge in [0.2, 0.25) is 0 Å². The minimum atomic E-state index is 0.682. The van der Waals surface area contributed by atoms with Crippen LogP contribution in [0.5, 0.6) is 0 Å². The molecule has 2 heteroatoms. The fourth-order valence-electron chi connectivity index (χ4n) is 1.49. The number of hydrogen-bond acceptors (Lipinski definition) is 2. The van der Waals surface area contributed by atoms with E-state index >= 15 is 0 Å². The van der Waals surface area contributed by atoms with Crippen molar-refractivity contribution in [3.8, 4) is 0 Å². The van der Waals surface area contributed by atoms with Gasteiger partial charge in [0, 0.05) is 6.04 Å². The maximum atomic E-state index is 3.58. The van der Waals surface area contributed by atoms with Crippen LogP contribution in [0.3, 0.4) is 0 Å². The molecule has 0 aromatic heterocycles. The molecule has 0 radical (unpaired) electrons. The zero-order chi connectivity index (χ0) is 9.68. The van der Waals surface area contributed by atoms with Crippen LogP contribution in [0, 0.1) is 5.92 Å². The van der Waals surface area contributed by atoms with Crippen molar-refractivity contribution in [2.75, 3.05) is 27.2 Å². The Hall–Kier alpha value is -0.0800. The predicted molar refractivity (Wildman–Crippen MR) is 58.0 cm³/mol. The summed E-state index contributed by atoms with van der Waals surface area (Å²) in [6.07, 6.45) is 5.62. The molecule has 13 heavy (non-hydrogen) atoms. The molecule has 1 atom stereocenters. The molecule has 2 nitrogen and oxygen atoms in total. The summed E-state index contributed by atoms with van der Waals surface area (Å²) in [5, 5.41) is 3.58. The largest absolute Gasteiger partial charge is 0.314 e. The number of nitrogens with one attached hydrogen (secondary N) is 1. The van der Waals surface area contributed by atoms with Crippen LogP contribution in [0.4, 0.5) is 0 Å². The average molecular weight is 184 g/mol. The summed E-state index contributed by atoms with van der Waals surface area (Å²) < 4.78 is 0. The van der Waals surface area contributed by atoms with Gasteiger partial charge in [-0.1, -0.05) is 12.8 Å². The Labute approximate surface area is 82.7 Å². The molecule has 0 spiro atoms. The third-order valence-corrected chi connectivity index (χ3v) is 2.75.